The number of aromatic nitrogens is 4. The van der Waals surface area contributed by atoms with E-state index in [9.17, 15) is 23.5 Å². The molecule has 5 aromatic rings. The number of nitrogens with one attached hydrogen (secondary N) is 3. The number of nitrogens with zero attached hydrogens (tertiary/aromatic N) is 4. The van der Waals surface area contributed by atoms with Crippen molar-refractivity contribution in [1.82, 2.24) is 30.2 Å². The van der Waals surface area contributed by atoms with E-state index in [0.29, 0.717) is 52.3 Å². The molecule has 1 aliphatic heterocycles. The van der Waals surface area contributed by atoms with E-state index in [0.717, 1.165) is 52.8 Å². The van der Waals surface area contributed by atoms with E-state index in [1.807, 2.05) is 36.4 Å². The van der Waals surface area contributed by atoms with Crippen LogP contribution < -0.4 is 16.0 Å². The molecule has 14 heteroatoms. The van der Waals surface area contributed by atoms with E-state index in [2.05, 4.69) is 48.1 Å². The predicted molar refractivity (Wildman–Crippen MR) is 194 cm³/mol. The molecule has 49 heavy (non-hydrogen) atoms. The number of amides is 1. The molecule has 4 N–H and O–H groups in total. The fourth-order valence-corrected chi connectivity index (χ4v) is 7.44. The van der Waals surface area contributed by atoms with Gasteiger partial charge in [0.1, 0.15) is 17.4 Å². The zero-order chi connectivity index (χ0) is 34.3. The molecule has 0 saturated carbocycles. The van der Waals surface area contributed by atoms with E-state index in [-0.39, 0.29) is 12.3 Å². The van der Waals surface area contributed by atoms with Gasteiger partial charge in [-0.15, -0.1) is 0 Å². The Morgan fingerprint density at radius 2 is 1.90 bits per heavy atom. The number of carboxylic acid groups (broad SMARTS) is 1. The minimum atomic E-state index is -1.09. The fraction of sp³-hybridized carbons (Fsp3) is 0.286. The van der Waals surface area contributed by atoms with Gasteiger partial charge in [-0.2, -0.15) is 16.7 Å². The van der Waals surface area contributed by atoms with Crippen molar-refractivity contribution in [3.63, 3.8) is 0 Å². The first kappa shape index (κ1) is 34.7. The Bertz CT molecular complexity index is 1960. The summed E-state index contributed by atoms with van der Waals surface area (Å²) in [5.74, 6) is -1.19. The molecular formula is C35H34F2IN7O3S. The van der Waals surface area contributed by atoms with Gasteiger partial charge in [-0.25, -0.2) is 23.5 Å². The molecule has 1 saturated heterocycles. The standard InChI is InChI=1S/C35H34F2IN7O3S/c36-26-11-8-22(13-27(26)37)16-40-35-41-17-29-32(44-35)45(18-23-7-4-12-39-15-23)31(42-29)25-10-9-24(14-28(25)38)33(46)43-30(34(47)48)20-49-19-21-5-2-1-3-6-21/h1-3,5-6,8-11,13-14,17,23,30,39H,4,7,12,15-16,18-20H2,(H,43,46)(H,47,48)(H,40,41,44)/t23-,30+/m1/s1. The lowest BCUT2D eigenvalue weighted by molar-refractivity contribution is -0.138. The number of fused-ring (bicyclic) bond motifs is 1. The highest BCUT2D eigenvalue weighted by atomic mass is 127. The average molecular weight is 798 g/mol. The van der Waals surface area contributed by atoms with Crippen molar-refractivity contribution >= 4 is 63.3 Å². The first-order chi connectivity index (χ1) is 23.7. The molecule has 1 amide bonds. The van der Waals surface area contributed by atoms with Crippen LogP contribution in [0.15, 0.2) is 72.9 Å². The number of halogens is 3. The van der Waals surface area contributed by atoms with Gasteiger partial charge in [0.15, 0.2) is 17.3 Å². The van der Waals surface area contributed by atoms with E-state index >= 15 is 0 Å². The summed E-state index contributed by atoms with van der Waals surface area (Å²) in [5, 5.41) is 19.0. The van der Waals surface area contributed by atoms with Crippen LogP contribution in [0.1, 0.15) is 34.3 Å². The monoisotopic (exact) mass is 797 g/mol. The number of imidazole rings is 1. The molecule has 1 fully saturated rings. The van der Waals surface area contributed by atoms with Crippen LogP contribution >= 0.6 is 34.4 Å². The van der Waals surface area contributed by atoms with Gasteiger partial charge in [0.05, 0.1) is 6.20 Å². The highest BCUT2D eigenvalue weighted by Gasteiger charge is 2.24. The first-order valence-electron chi connectivity index (χ1n) is 15.8. The van der Waals surface area contributed by atoms with Gasteiger partial charge in [0.2, 0.25) is 5.95 Å². The fourth-order valence-electron chi connectivity index (χ4n) is 5.67. The van der Waals surface area contributed by atoms with Gasteiger partial charge in [-0.1, -0.05) is 36.4 Å². The molecule has 3 aromatic carbocycles. The number of benzene rings is 3. The molecule has 10 nitrogen and oxygen atoms in total. The van der Waals surface area contributed by atoms with Crippen molar-refractivity contribution in [3.05, 3.63) is 105 Å². The second-order valence-electron chi connectivity index (χ2n) is 11.8. The second kappa shape index (κ2) is 16.0. The summed E-state index contributed by atoms with van der Waals surface area (Å²) in [6.07, 6.45) is 3.74. The predicted octanol–water partition coefficient (Wildman–Crippen LogP) is 6.10. The van der Waals surface area contributed by atoms with Crippen molar-refractivity contribution in [1.29, 1.82) is 0 Å². The number of carbonyl (C=O) groups excluding carboxylic acids is 1. The maximum Gasteiger partial charge on any atom is 0.327 e. The summed E-state index contributed by atoms with van der Waals surface area (Å²) in [4.78, 5) is 39.3. The van der Waals surface area contributed by atoms with Gasteiger partial charge in [-0.05, 0) is 95.9 Å². The Morgan fingerprint density at radius 3 is 2.63 bits per heavy atom. The minimum Gasteiger partial charge on any atom is -0.480 e. The number of carboxylic acids is 1. The number of thioether (sulfide) groups is 1. The molecule has 6 rings (SSSR count). The van der Waals surface area contributed by atoms with Crippen LogP contribution in [0.2, 0.25) is 0 Å². The molecule has 1 aliphatic rings. The van der Waals surface area contributed by atoms with Crippen LogP contribution in [0.3, 0.4) is 0 Å². The highest BCUT2D eigenvalue weighted by molar-refractivity contribution is 14.1. The van der Waals surface area contributed by atoms with Crippen molar-refractivity contribution in [3.8, 4) is 11.4 Å². The van der Waals surface area contributed by atoms with Crippen molar-refractivity contribution < 1.29 is 23.5 Å². The molecular weight excluding hydrogens is 763 g/mol. The molecule has 2 aromatic heterocycles. The molecule has 254 valence electrons. The van der Waals surface area contributed by atoms with Crippen LogP contribution in [0.4, 0.5) is 14.7 Å². The summed E-state index contributed by atoms with van der Waals surface area (Å²) in [7, 11) is 0. The molecule has 0 radical (unpaired) electrons. The topological polar surface area (TPSA) is 134 Å². The molecule has 0 bridgehead atoms. The van der Waals surface area contributed by atoms with Gasteiger partial charge < -0.3 is 25.6 Å². The third-order valence-corrected chi connectivity index (χ3v) is 10.2. The number of rotatable bonds is 13. The normalized spacial score (nSPS) is 15.2. The zero-order valence-corrected chi connectivity index (χ0v) is 29.3. The summed E-state index contributed by atoms with van der Waals surface area (Å²) in [6, 6.07) is 17.7. The van der Waals surface area contributed by atoms with E-state index in [4.69, 9.17) is 9.97 Å². The lowest BCUT2D eigenvalue weighted by Crippen LogP contribution is -2.42. The first-order valence-corrected chi connectivity index (χ1v) is 18.1. The van der Waals surface area contributed by atoms with Gasteiger partial charge in [-0.3, -0.25) is 4.79 Å². The van der Waals surface area contributed by atoms with Gasteiger partial charge in [0.25, 0.3) is 5.91 Å². The third kappa shape index (κ3) is 8.72. The molecule has 0 unspecified atom stereocenters. The average Bonchev–Trinajstić information content (AvgIpc) is 3.45. The zero-order valence-electron chi connectivity index (χ0n) is 26.3. The highest BCUT2D eigenvalue weighted by Crippen LogP contribution is 2.31. The van der Waals surface area contributed by atoms with Gasteiger partial charge >= 0.3 is 5.97 Å². The Kier molecular flexibility index (Phi) is 11.4. The van der Waals surface area contributed by atoms with Crippen molar-refractivity contribution in [2.45, 2.75) is 37.7 Å². The van der Waals surface area contributed by atoms with Crippen LogP contribution in [-0.2, 0) is 23.6 Å². The lowest BCUT2D eigenvalue weighted by atomic mass is 9.99. The van der Waals surface area contributed by atoms with Gasteiger partial charge in [0, 0.05) is 39.3 Å². The van der Waals surface area contributed by atoms with Crippen LogP contribution in [-0.4, -0.2) is 61.4 Å². The molecule has 0 aliphatic carbocycles. The Labute approximate surface area is 299 Å². The maximum atomic E-state index is 13.7. The van der Waals surface area contributed by atoms with E-state index in [1.54, 1.807) is 18.3 Å². The van der Waals surface area contributed by atoms with Crippen molar-refractivity contribution in [2.75, 3.05) is 24.2 Å². The number of anilines is 1. The third-order valence-electron chi connectivity index (χ3n) is 8.23. The largest absolute Gasteiger partial charge is 0.480 e. The molecule has 2 atom stereocenters. The number of piperidine rings is 1. The van der Waals surface area contributed by atoms with E-state index < -0.39 is 29.6 Å². The van der Waals surface area contributed by atoms with Crippen LogP contribution in [0.25, 0.3) is 22.6 Å². The molecule has 0 spiro atoms. The number of hydrogen-bond donors (Lipinski definition) is 4. The summed E-state index contributed by atoms with van der Waals surface area (Å²) >= 11 is 3.62. The van der Waals surface area contributed by atoms with Crippen LogP contribution in [0.5, 0.6) is 0 Å². The summed E-state index contributed by atoms with van der Waals surface area (Å²) in [6.45, 7) is 2.68. The van der Waals surface area contributed by atoms with Crippen molar-refractivity contribution in [2.24, 2.45) is 5.92 Å². The van der Waals surface area contributed by atoms with Crippen LogP contribution in [0, 0.1) is 21.1 Å². The Morgan fingerprint density at radius 1 is 1.06 bits per heavy atom. The quantitative estimate of drug-likeness (QED) is 0.104. The summed E-state index contributed by atoms with van der Waals surface area (Å²) in [5.41, 5.74) is 3.98. The number of aliphatic carboxylic acids is 1. The molecule has 3 heterocycles. The van der Waals surface area contributed by atoms with E-state index in [1.165, 1.54) is 17.8 Å². The number of carbonyl (C=O) groups is 2. The Hall–Kier alpha value is -4.15. The lowest BCUT2D eigenvalue weighted by Gasteiger charge is -2.24. The SMILES string of the molecule is O=C(N[C@@H](CSCc1ccccc1)C(=O)O)c1ccc(-c2nc3cnc(NCc4ccc(F)c(F)c4)nc3n2C[C@@H]2CCCNC2)c(I)c1. The smallest absolute Gasteiger partial charge is 0.327 e. The Balaban J connectivity index is 1.22. The summed E-state index contributed by atoms with van der Waals surface area (Å²) < 4.78 is 30.0. The number of hydrogen-bond acceptors (Lipinski definition) is 8. The maximum absolute atomic E-state index is 13.7. The second-order valence-corrected chi connectivity index (χ2v) is 14.0. The minimum absolute atomic E-state index is 0.201.